The molecule has 0 aromatic heterocycles. The molecule has 0 bridgehead atoms. The van der Waals surface area contributed by atoms with Crippen molar-refractivity contribution in [3.8, 4) is 0 Å². The van der Waals surface area contributed by atoms with Gasteiger partial charge < -0.3 is 10.1 Å². The molecule has 0 aromatic carbocycles. The summed E-state index contributed by atoms with van der Waals surface area (Å²) in [5, 5.41) is 12.1. The SMILES string of the molecule is CC1CN(CC(=O)N2CCCC2)CCC1=NO. The van der Waals surface area contributed by atoms with Crippen LogP contribution >= 0.6 is 0 Å². The number of likely N-dealkylation sites (tertiary alicyclic amines) is 2. The van der Waals surface area contributed by atoms with Gasteiger partial charge in [-0.15, -0.1) is 0 Å². The first kappa shape index (κ1) is 12.4. The minimum atomic E-state index is 0.249. The molecule has 96 valence electrons. The fourth-order valence-electron chi connectivity index (χ4n) is 2.65. The second kappa shape index (κ2) is 5.49. The number of piperidine rings is 1. The Morgan fingerprint density at radius 3 is 2.71 bits per heavy atom. The Hall–Kier alpha value is -1.10. The van der Waals surface area contributed by atoms with Gasteiger partial charge in [0.2, 0.25) is 5.91 Å². The third-order valence-corrected chi connectivity index (χ3v) is 3.73. The van der Waals surface area contributed by atoms with E-state index in [2.05, 4.69) is 10.1 Å². The van der Waals surface area contributed by atoms with E-state index in [1.54, 1.807) is 0 Å². The lowest BCUT2D eigenvalue weighted by atomic mass is 9.98. The number of rotatable bonds is 2. The molecule has 5 nitrogen and oxygen atoms in total. The van der Waals surface area contributed by atoms with Crippen LogP contribution in [0.15, 0.2) is 5.16 Å². The average Bonchev–Trinajstić information content (AvgIpc) is 2.82. The lowest BCUT2D eigenvalue weighted by molar-refractivity contribution is -0.131. The molecule has 1 amide bonds. The number of nitrogens with zero attached hydrogens (tertiary/aromatic N) is 3. The topological polar surface area (TPSA) is 56.1 Å². The van der Waals surface area contributed by atoms with Gasteiger partial charge >= 0.3 is 0 Å². The van der Waals surface area contributed by atoms with Crippen molar-refractivity contribution in [2.24, 2.45) is 11.1 Å². The molecule has 2 aliphatic heterocycles. The van der Waals surface area contributed by atoms with E-state index in [1.165, 1.54) is 0 Å². The van der Waals surface area contributed by atoms with Crippen molar-refractivity contribution in [3.63, 3.8) is 0 Å². The quantitative estimate of drug-likeness (QED) is 0.572. The zero-order chi connectivity index (χ0) is 12.3. The van der Waals surface area contributed by atoms with Gasteiger partial charge in [0.25, 0.3) is 0 Å². The molecule has 2 saturated heterocycles. The molecule has 2 fully saturated rings. The zero-order valence-corrected chi connectivity index (χ0v) is 10.4. The lowest BCUT2D eigenvalue weighted by Crippen LogP contribution is -2.45. The molecular weight excluding hydrogens is 218 g/mol. The molecule has 0 spiro atoms. The Bertz CT molecular complexity index is 311. The van der Waals surface area contributed by atoms with Crippen molar-refractivity contribution < 1.29 is 10.0 Å². The first-order chi connectivity index (χ1) is 8.20. The van der Waals surface area contributed by atoms with Crippen LogP contribution in [0, 0.1) is 5.92 Å². The summed E-state index contributed by atoms with van der Waals surface area (Å²) in [6.07, 6.45) is 3.05. The highest BCUT2D eigenvalue weighted by Crippen LogP contribution is 2.15. The van der Waals surface area contributed by atoms with E-state index in [0.29, 0.717) is 6.54 Å². The van der Waals surface area contributed by atoms with Gasteiger partial charge in [0.15, 0.2) is 0 Å². The second-order valence-corrected chi connectivity index (χ2v) is 5.07. The molecular formula is C12H21N3O2. The highest BCUT2D eigenvalue weighted by atomic mass is 16.4. The summed E-state index contributed by atoms with van der Waals surface area (Å²) in [7, 11) is 0. The van der Waals surface area contributed by atoms with Gasteiger partial charge in [-0.3, -0.25) is 9.69 Å². The first-order valence-corrected chi connectivity index (χ1v) is 6.41. The van der Waals surface area contributed by atoms with Crippen LogP contribution in [0.4, 0.5) is 0 Å². The van der Waals surface area contributed by atoms with E-state index in [9.17, 15) is 4.79 Å². The zero-order valence-electron chi connectivity index (χ0n) is 10.4. The smallest absolute Gasteiger partial charge is 0.236 e. The molecule has 17 heavy (non-hydrogen) atoms. The largest absolute Gasteiger partial charge is 0.411 e. The standard InChI is InChI=1S/C12H21N3O2/c1-10-8-14(7-4-11(10)13-17)9-12(16)15-5-2-3-6-15/h10,17H,2-9H2,1H3. The summed E-state index contributed by atoms with van der Waals surface area (Å²) in [5.41, 5.74) is 0.856. The number of carbonyl (C=O) groups excluding carboxylic acids is 1. The Labute approximate surface area is 102 Å². The number of carbonyl (C=O) groups is 1. The molecule has 2 aliphatic rings. The Balaban J connectivity index is 1.82. The van der Waals surface area contributed by atoms with Crippen LogP contribution in [0.5, 0.6) is 0 Å². The maximum absolute atomic E-state index is 12.0. The molecule has 1 atom stereocenters. The van der Waals surface area contributed by atoms with Crippen molar-refractivity contribution >= 4 is 11.6 Å². The molecule has 0 radical (unpaired) electrons. The molecule has 1 N–H and O–H groups in total. The summed E-state index contributed by atoms with van der Waals surface area (Å²) >= 11 is 0. The van der Waals surface area contributed by atoms with E-state index < -0.39 is 0 Å². The number of oxime groups is 1. The molecule has 0 aliphatic carbocycles. The average molecular weight is 239 g/mol. The van der Waals surface area contributed by atoms with Crippen molar-refractivity contribution in [1.82, 2.24) is 9.80 Å². The third-order valence-electron chi connectivity index (χ3n) is 3.73. The van der Waals surface area contributed by atoms with Crippen molar-refractivity contribution in [2.75, 3.05) is 32.7 Å². The normalized spacial score (nSPS) is 28.9. The Morgan fingerprint density at radius 2 is 2.12 bits per heavy atom. The molecule has 1 unspecified atom stereocenters. The van der Waals surface area contributed by atoms with Gasteiger partial charge in [-0.1, -0.05) is 12.1 Å². The van der Waals surface area contributed by atoms with Gasteiger partial charge in [0.1, 0.15) is 0 Å². The van der Waals surface area contributed by atoms with Crippen LogP contribution in [-0.4, -0.2) is 59.3 Å². The Kier molecular flexibility index (Phi) is 3.99. The van der Waals surface area contributed by atoms with Gasteiger partial charge in [-0.05, 0) is 12.8 Å². The van der Waals surface area contributed by atoms with Crippen LogP contribution in [0.3, 0.4) is 0 Å². The second-order valence-electron chi connectivity index (χ2n) is 5.07. The highest BCUT2D eigenvalue weighted by Gasteiger charge is 2.26. The van der Waals surface area contributed by atoms with E-state index in [1.807, 2.05) is 11.8 Å². The molecule has 0 saturated carbocycles. The lowest BCUT2D eigenvalue weighted by Gasteiger charge is -2.31. The molecule has 0 aromatic rings. The molecule has 2 rings (SSSR count). The van der Waals surface area contributed by atoms with Crippen molar-refractivity contribution in [1.29, 1.82) is 0 Å². The summed E-state index contributed by atoms with van der Waals surface area (Å²) in [6, 6.07) is 0. The van der Waals surface area contributed by atoms with E-state index in [4.69, 9.17) is 5.21 Å². The number of hydrogen-bond donors (Lipinski definition) is 1. The molecule has 2 heterocycles. The minimum Gasteiger partial charge on any atom is -0.411 e. The highest BCUT2D eigenvalue weighted by molar-refractivity contribution is 5.87. The number of hydrogen-bond acceptors (Lipinski definition) is 4. The van der Waals surface area contributed by atoms with Crippen LogP contribution < -0.4 is 0 Å². The summed E-state index contributed by atoms with van der Waals surface area (Å²) in [6.45, 7) is 6.05. The van der Waals surface area contributed by atoms with Crippen LogP contribution in [0.25, 0.3) is 0 Å². The molecule has 5 heteroatoms. The van der Waals surface area contributed by atoms with Crippen LogP contribution in [0.2, 0.25) is 0 Å². The number of amides is 1. The summed E-state index contributed by atoms with van der Waals surface area (Å²) in [4.78, 5) is 16.1. The van der Waals surface area contributed by atoms with Crippen molar-refractivity contribution in [2.45, 2.75) is 26.2 Å². The van der Waals surface area contributed by atoms with Crippen molar-refractivity contribution in [3.05, 3.63) is 0 Å². The minimum absolute atomic E-state index is 0.249. The fraction of sp³-hybridized carbons (Fsp3) is 0.833. The van der Waals surface area contributed by atoms with Crippen LogP contribution in [-0.2, 0) is 4.79 Å². The van der Waals surface area contributed by atoms with Gasteiger partial charge in [0.05, 0.1) is 12.3 Å². The maximum Gasteiger partial charge on any atom is 0.236 e. The monoisotopic (exact) mass is 239 g/mol. The van der Waals surface area contributed by atoms with Crippen LogP contribution in [0.1, 0.15) is 26.2 Å². The van der Waals surface area contributed by atoms with Gasteiger partial charge in [-0.2, -0.15) is 0 Å². The summed E-state index contributed by atoms with van der Waals surface area (Å²) in [5.74, 6) is 0.499. The van der Waals surface area contributed by atoms with E-state index in [0.717, 1.165) is 51.2 Å². The predicted molar refractivity (Wildman–Crippen MR) is 65.3 cm³/mol. The van der Waals surface area contributed by atoms with Gasteiger partial charge in [-0.25, -0.2) is 0 Å². The summed E-state index contributed by atoms with van der Waals surface area (Å²) < 4.78 is 0. The predicted octanol–water partition coefficient (Wildman–Crippen LogP) is 0.781. The Morgan fingerprint density at radius 1 is 1.41 bits per heavy atom. The fourth-order valence-corrected chi connectivity index (χ4v) is 2.65. The van der Waals surface area contributed by atoms with Gasteiger partial charge in [0, 0.05) is 38.5 Å². The first-order valence-electron chi connectivity index (χ1n) is 6.41. The third kappa shape index (κ3) is 2.97. The van der Waals surface area contributed by atoms with E-state index >= 15 is 0 Å². The maximum atomic E-state index is 12.0. The van der Waals surface area contributed by atoms with E-state index in [-0.39, 0.29) is 11.8 Å².